The first-order chi connectivity index (χ1) is 9.06. The molecule has 0 amide bonds. The Kier molecular flexibility index (Phi) is 3.13. The van der Waals surface area contributed by atoms with E-state index in [1.54, 1.807) is 0 Å². The van der Waals surface area contributed by atoms with Crippen LogP contribution in [0.3, 0.4) is 0 Å². The minimum Gasteiger partial charge on any atom is -0.459 e. The van der Waals surface area contributed by atoms with Crippen LogP contribution < -0.4 is 5.73 Å². The second-order valence-electron chi connectivity index (χ2n) is 4.71. The molecule has 3 rings (SSSR count). The molecule has 1 aromatic carbocycles. The van der Waals surface area contributed by atoms with Crippen LogP contribution >= 0.6 is 22.9 Å². The van der Waals surface area contributed by atoms with Crippen molar-refractivity contribution in [2.75, 3.05) is 0 Å². The van der Waals surface area contributed by atoms with Crippen molar-refractivity contribution in [3.05, 3.63) is 56.4 Å². The average molecular weight is 292 g/mol. The third kappa shape index (κ3) is 2.18. The standard InChI is InChI=1S/C15H14ClNOS/c1-8-3-4-10-9(2)15(18-11(10)7-8)14(17)12-5-6-13(16)19-12/h3-7,14H,17H2,1-2H3. The first-order valence-electron chi connectivity index (χ1n) is 6.06. The number of hydrogen-bond donors (Lipinski definition) is 1. The summed E-state index contributed by atoms with van der Waals surface area (Å²) in [7, 11) is 0. The van der Waals surface area contributed by atoms with Gasteiger partial charge >= 0.3 is 0 Å². The summed E-state index contributed by atoms with van der Waals surface area (Å²) >= 11 is 7.46. The maximum Gasteiger partial charge on any atom is 0.134 e. The van der Waals surface area contributed by atoms with Crippen molar-refractivity contribution >= 4 is 33.9 Å². The molecule has 0 aliphatic rings. The van der Waals surface area contributed by atoms with E-state index in [0.717, 1.165) is 31.5 Å². The van der Waals surface area contributed by atoms with E-state index in [9.17, 15) is 0 Å². The molecule has 0 radical (unpaired) electrons. The quantitative estimate of drug-likeness (QED) is 0.736. The fraction of sp³-hybridized carbons (Fsp3) is 0.200. The van der Waals surface area contributed by atoms with Gasteiger partial charge in [0.25, 0.3) is 0 Å². The van der Waals surface area contributed by atoms with Crippen molar-refractivity contribution in [1.82, 2.24) is 0 Å². The first-order valence-corrected chi connectivity index (χ1v) is 7.26. The third-order valence-corrected chi connectivity index (χ3v) is 4.63. The van der Waals surface area contributed by atoms with E-state index in [4.69, 9.17) is 21.8 Å². The molecule has 1 unspecified atom stereocenters. The number of rotatable bonds is 2. The van der Waals surface area contributed by atoms with Crippen LogP contribution in [0, 0.1) is 13.8 Å². The fourth-order valence-corrected chi connectivity index (χ4v) is 3.33. The number of thiophene rings is 1. The van der Waals surface area contributed by atoms with Gasteiger partial charge in [-0.1, -0.05) is 23.7 Å². The van der Waals surface area contributed by atoms with E-state index >= 15 is 0 Å². The van der Waals surface area contributed by atoms with Gasteiger partial charge in [-0.25, -0.2) is 0 Å². The Morgan fingerprint density at radius 3 is 2.68 bits per heavy atom. The molecule has 0 bridgehead atoms. The predicted octanol–water partition coefficient (Wildman–Crippen LogP) is 4.81. The van der Waals surface area contributed by atoms with E-state index in [1.165, 1.54) is 16.9 Å². The van der Waals surface area contributed by atoms with Gasteiger partial charge in [-0.3, -0.25) is 0 Å². The molecule has 98 valence electrons. The number of nitrogens with two attached hydrogens (primary N) is 1. The molecule has 0 saturated heterocycles. The molecule has 0 fully saturated rings. The maximum atomic E-state index is 6.29. The molecule has 2 aromatic heterocycles. The predicted molar refractivity (Wildman–Crippen MR) is 81.0 cm³/mol. The van der Waals surface area contributed by atoms with Crippen LogP contribution in [0.2, 0.25) is 4.34 Å². The summed E-state index contributed by atoms with van der Waals surface area (Å²) in [5, 5.41) is 1.12. The average Bonchev–Trinajstić information content (AvgIpc) is 2.93. The Morgan fingerprint density at radius 2 is 2.00 bits per heavy atom. The number of halogens is 1. The minimum absolute atomic E-state index is 0.259. The Labute approximate surface area is 120 Å². The minimum atomic E-state index is -0.259. The van der Waals surface area contributed by atoms with Crippen molar-refractivity contribution < 1.29 is 4.42 Å². The molecule has 1 atom stereocenters. The van der Waals surface area contributed by atoms with Gasteiger partial charge in [-0.15, -0.1) is 11.3 Å². The van der Waals surface area contributed by atoms with Crippen LogP contribution in [0.25, 0.3) is 11.0 Å². The van der Waals surface area contributed by atoms with E-state index in [-0.39, 0.29) is 6.04 Å². The van der Waals surface area contributed by atoms with Crippen LogP contribution in [0.5, 0.6) is 0 Å². The van der Waals surface area contributed by atoms with Gasteiger partial charge < -0.3 is 10.2 Å². The Bertz CT molecular complexity index is 744. The lowest BCUT2D eigenvalue weighted by molar-refractivity contribution is 0.523. The molecular formula is C15H14ClNOS. The number of hydrogen-bond acceptors (Lipinski definition) is 3. The number of fused-ring (bicyclic) bond motifs is 1. The highest BCUT2D eigenvalue weighted by Crippen LogP contribution is 2.35. The van der Waals surface area contributed by atoms with Crippen LogP contribution in [0.4, 0.5) is 0 Å². The van der Waals surface area contributed by atoms with Gasteiger partial charge in [0, 0.05) is 15.8 Å². The van der Waals surface area contributed by atoms with E-state index in [1.807, 2.05) is 25.1 Å². The zero-order chi connectivity index (χ0) is 13.6. The van der Waals surface area contributed by atoms with Gasteiger partial charge in [-0.2, -0.15) is 0 Å². The summed E-state index contributed by atoms with van der Waals surface area (Å²) in [5.41, 5.74) is 9.47. The molecule has 4 heteroatoms. The van der Waals surface area contributed by atoms with Crippen molar-refractivity contribution in [2.45, 2.75) is 19.9 Å². The van der Waals surface area contributed by atoms with Crippen molar-refractivity contribution in [3.63, 3.8) is 0 Å². The van der Waals surface area contributed by atoms with Gasteiger partial charge in [0.15, 0.2) is 0 Å². The van der Waals surface area contributed by atoms with Crippen molar-refractivity contribution in [3.8, 4) is 0 Å². The summed E-state index contributed by atoms with van der Waals surface area (Å²) < 4.78 is 6.69. The van der Waals surface area contributed by atoms with E-state index < -0.39 is 0 Å². The molecule has 0 aliphatic heterocycles. The highest BCUT2D eigenvalue weighted by Gasteiger charge is 2.20. The zero-order valence-corrected chi connectivity index (χ0v) is 12.3. The molecule has 2 N–H and O–H groups in total. The van der Waals surface area contributed by atoms with Crippen LogP contribution in [0.15, 0.2) is 34.7 Å². The lowest BCUT2D eigenvalue weighted by Gasteiger charge is -2.07. The largest absolute Gasteiger partial charge is 0.459 e. The van der Waals surface area contributed by atoms with E-state index in [2.05, 4.69) is 19.1 Å². The summed E-state index contributed by atoms with van der Waals surface area (Å²) in [6.07, 6.45) is 0. The van der Waals surface area contributed by atoms with Crippen LogP contribution in [-0.4, -0.2) is 0 Å². The molecule has 2 heterocycles. The summed E-state index contributed by atoms with van der Waals surface area (Å²) in [4.78, 5) is 1.02. The van der Waals surface area contributed by atoms with Crippen molar-refractivity contribution in [2.24, 2.45) is 5.73 Å². The normalized spacial score (nSPS) is 13.1. The second-order valence-corrected chi connectivity index (χ2v) is 6.46. The van der Waals surface area contributed by atoms with E-state index in [0.29, 0.717) is 0 Å². The molecule has 0 aliphatic carbocycles. The Morgan fingerprint density at radius 1 is 1.21 bits per heavy atom. The summed E-state index contributed by atoms with van der Waals surface area (Å²) in [5.74, 6) is 0.819. The maximum absolute atomic E-state index is 6.29. The monoisotopic (exact) mass is 291 g/mol. The highest BCUT2D eigenvalue weighted by molar-refractivity contribution is 7.16. The lowest BCUT2D eigenvalue weighted by atomic mass is 10.1. The lowest BCUT2D eigenvalue weighted by Crippen LogP contribution is -2.10. The van der Waals surface area contributed by atoms with Gasteiger partial charge in [-0.05, 0) is 37.6 Å². The number of furan rings is 1. The molecule has 0 spiro atoms. The number of aryl methyl sites for hydroxylation is 2. The topological polar surface area (TPSA) is 39.2 Å². The highest BCUT2D eigenvalue weighted by atomic mass is 35.5. The molecule has 19 heavy (non-hydrogen) atoms. The zero-order valence-electron chi connectivity index (χ0n) is 10.7. The molecule has 0 saturated carbocycles. The second kappa shape index (κ2) is 4.67. The summed E-state index contributed by atoms with van der Waals surface area (Å²) in [6.45, 7) is 4.10. The first kappa shape index (κ1) is 12.7. The molecule has 3 aromatic rings. The molecular weight excluding hydrogens is 278 g/mol. The number of benzene rings is 1. The SMILES string of the molecule is Cc1ccc2c(C)c(C(N)c3ccc(Cl)s3)oc2c1. The smallest absolute Gasteiger partial charge is 0.134 e. The summed E-state index contributed by atoms with van der Waals surface area (Å²) in [6, 6.07) is 9.77. The molecule has 2 nitrogen and oxygen atoms in total. The fourth-order valence-electron chi connectivity index (χ4n) is 2.27. The van der Waals surface area contributed by atoms with Gasteiger partial charge in [0.2, 0.25) is 0 Å². The van der Waals surface area contributed by atoms with Gasteiger partial charge in [0.1, 0.15) is 11.3 Å². The Balaban J connectivity index is 2.12. The Hall–Kier alpha value is -1.29. The van der Waals surface area contributed by atoms with Crippen molar-refractivity contribution in [1.29, 1.82) is 0 Å². The van der Waals surface area contributed by atoms with Crippen LogP contribution in [-0.2, 0) is 0 Å². The third-order valence-electron chi connectivity index (χ3n) is 3.31. The van der Waals surface area contributed by atoms with Gasteiger partial charge in [0.05, 0.1) is 10.4 Å². The van der Waals surface area contributed by atoms with Crippen LogP contribution in [0.1, 0.15) is 27.8 Å².